The number of aromatic nitrogens is 3. The molecule has 24 heavy (non-hydrogen) atoms. The van der Waals surface area contributed by atoms with E-state index < -0.39 is 0 Å². The second-order valence-electron chi connectivity index (χ2n) is 7.04. The highest BCUT2D eigenvalue weighted by atomic mass is 15.3. The van der Waals surface area contributed by atoms with Crippen LogP contribution in [-0.4, -0.2) is 32.3 Å². The predicted molar refractivity (Wildman–Crippen MR) is 98.2 cm³/mol. The molecule has 1 aliphatic rings. The summed E-state index contributed by atoms with van der Waals surface area (Å²) in [5.41, 5.74) is 5.15. The van der Waals surface area contributed by atoms with Crippen molar-refractivity contribution >= 4 is 10.9 Å². The molecule has 3 heterocycles. The Bertz CT molecular complexity index is 858. The third kappa shape index (κ3) is 2.75. The topological polar surface area (TPSA) is 26.0 Å². The van der Waals surface area contributed by atoms with Crippen molar-refractivity contribution in [3.63, 3.8) is 0 Å². The van der Waals surface area contributed by atoms with Crippen LogP contribution in [0, 0.1) is 13.8 Å². The Morgan fingerprint density at radius 2 is 2.04 bits per heavy atom. The van der Waals surface area contributed by atoms with E-state index in [9.17, 15) is 0 Å². The second-order valence-corrected chi connectivity index (χ2v) is 7.04. The molecule has 3 aromatic rings. The molecule has 1 atom stereocenters. The zero-order valence-electron chi connectivity index (χ0n) is 14.9. The Hall–Kier alpha value is -2.07. The summed E-state index contributed by atoms with van der Waals surface area (Å²) in [7, 11) is 0. The highest BCUT2D eigenvalue weighted by Crippen LogP contribution is 2.25. The summed E-state index contributed by atoms with van der Waals surface area (Å²) in [6.07, 6.45) is 3.37. The van der Waals surface area contributed by atoms with E-state index in [1.165, 1.54) is 28.6 Å². The molecule has 1 fully saturated rings. The molecule has 0 amide bonds. The van der Waals surface area contributed by atoms with Crippen LogP contribution < -0.4 is 0 Å². The lowest BCUT2D eigenvalue weighted by Gasteiger charge is -2.17. The lowest BCUT2D eigenvalue weighted by molar-refractivity contribution is 0.310. The van der Waals surface area contributed by atoms with Crippen LogP contribution in [0.4, 0.5) is 0 Å². The number of fused-ring (bicyclic) bond motifs is 1. The number of likely N-dealkylation sites (tertiary alicyclic amines) is 1. The predicted octanol–water partition coefficient (Wildman–Crippen LogP) is 3.92. The van der Waals surface area contributed by atoms with Crippen LogP contribution in [0.25, 0.3) is 10.9 Å². The monoisotopic (exact) mass is 322 g/mol. The van der Waals surface area contributed by atoms with Crippen molar-refractivity contribution in [2.45, 2.75) is 46.3 Å². The fraction of sp³-hybridized carbons (Fsp3) is 0.450. The molecular formula is C20H26N4. The number of aryl methyl sites for hydroxylation is 3. The van der Waals surface area contributed by atoms with E-state index in [0.717, 1.165) is 31.9 Å². The first-order chi connectivity index (χ1) is 11.6. The van der Waals surface area contributed by atoms with E-state index in [-0.39, 0.29) is 0 Å². The van der Waals surface area contributed by atoms with Gasteiger partial charge < -0.3 is 4.57 Å². The molecule has 4 nitrogen and oxygen atoms in total. The number of hydrogen-bond acceptors (Lipinski definition) is 2. The van der Waals surface area contributed by atoms with Gasteiger partial charge >= 0.3 is 0 Å². The summed E-state index contributed by atoms with van der Waals surface area (Å²) in [4.78, 5) is 2.55. The largest absolute Gasteiger partial charge is 0.348 e. The zero-order valence-corrected chi connectivity index (χ0v) is 14.9. The Morgan fingerprint density at radius 1 is 1.17 bits per heavy atom. The quantitative estimate of drug-likeness (QED) is 0.727. The van der Waals surface area contributed by atoms with Gasteiger partial charge in [0, 0.05) is 43.6 Å². The fourth-order valence-corrected chi connectivity index (χ4v) is 4.05. The average molecular weight is 322 g/mol. The SMILES string of the molecule is CCn1ccc2cc(CN3CC[C@@H](n4nc(C)cc4C)C3)ccc21. The summed E-state index contributed by atoms with van der Waals surface area (Å²) < 4.78 is 4.52. The Kier molecular flexibility index (Phi) is 3.93. The van der Waals surface area contributed by atoms with Crippen molar-refractivity contribution in [1.29, 1.82) is 0 Å². The minimum atomic E-state index is 0.517. The van der Waals surface area contributed by atoms with Gasteiger partial charge in [-0.15, -0.1) is 0 Å². The molecule has 0 radical (unpaired) electrons. The van der Waals surface area contributed by atoms with E-state index in [1.807, 2.05) is 0 Å². The molecule has 4 rings (SSSR count). The summed E-state index contributed by atoms with van der Waals surface area (Å²) in [6.45, 7) is 10.7. The van der Waals surface area contributed by atoms with Gasteiger partial charge in [-0.25, -0.2) is 0 Å². The van der Waals surface area contributed by atoms with Gasteiger partial charge in [-0.2, -0.15) is 5.10 Å². The summed E-state index contributed by atoms with van der Waals surface area (Å²) in [5, 5.41) is 6.02. The molecule has 126 valence electrons. The lowest BCUT2D eigenvalue weighted by atomic mass is 10.1. The summed E-state index contributed by atoms with van der Waals surface area (Å²) in [5.74, 6) is 0. The maximum atomic E-state index is 4.67. The van der Waals surface area contributed by atoms with Crippen LogP contribution >= 0.6 is 0 Å². The van der Waals surface area contributed by atoms with Gasteiger partial charge in [-0.05, 0) is 62.4 Å². The highest BCUT2D eigenvalue weighted by Gasteiger charge is 2.25. The Labute approximate surface area is 143 Å². The molecule has 0 saturated carbocycles. The Morgan fingerprint density at radius 3 is 2.79 bits per heavy atom. The van der Waals surface area contributed by atoms with Crippen molar-refractivity contribution in [1.82, 2.24) is 19.2 Å². The van der Waals surface area contributed by atoms with Crippen molar-refractivity contribution in [2.75, 3.05) is 13.1 Å². The first kappa shape index (κ1) is 15.5. The minimum Gasteiger partial charge on any atom is -0.348 e. The van der Waals surface area contributed by atoms with E-state index in [2.05, 4.69) is 76.5 Å². The summed E-state index contributed by atoms with van der Waals surface area (Å²) in [6, 6.07) is 11.8. The molecule has 0 aliphatic carbocycles. The molecule has 1 aromatic carbocycles. The van der Waals surface area contributed by atoms with Crippen LogP contribution in [0.15, 0.2) is 36.5 Å². The standard InChI is InChI=1S/C20H26N4/c1-4-23-10-7-18-12-17(5-6-20(18)23)13-22-9-8-19(14-22)24-16(3)11-15(2)21-24/h5-7,10-12,19H,4,8-9,13-14H2,1-3H3/t19-/m1/s1. The van der Waals surface area contributed by atoms with Crippen LogP contribution in [0.1, 0.15) is 36.3 Å². The number of nitrogens with zero attached hydrogens (tertiary/aromatic N) is 4. The Balaban J connectivity index is 1.47. The smallest absolute Gasteiger partial charge is 0.0661 e. The molecule has 4 heteroatoms. The fourth-order valence-electron chi connectivity index (χ4n) is 4.05. The second kappa shape index (κ2) is 6.10. The van der Waals surface area contributed by atoms with Crippen molar-refractivity contribution in [3.8, 4) is 0 Å². The molecule has 1 saturated heterocycles. The first-order valence-electron chi connectivity index (χ1n) is 8.97. The van der Waals surface area contributed by atoms with E-state index >= 15 is 0 Å². The van der Waals surface area contributed by atoms with Crippen LogP contribution in [0.2, 0.25) is 0 Å². The lowest BCUT2D eigenvalue weighted by Crippen LogP contribution is -2.22. The number of rotatable bonds is 4. The third-order valence-corrected chi connectivity index (χ3v) is 5.22. The maximum absolute atomic E-state index is 4.67. The normalized spacial score (nSPS) is 18.7. The van der Waals surface area contributed by atoms with Gasteiger partial charge in [0.25, 0.3) is 0 Å². The average Bonchev–Trinajstić information content (AvgIpc) is 3.25. The molecule has 0 N–H and O–H groups in total. The van der Waals surface area contributed by atoms with Gasteiger partial charge in [-0.1, -0.05) is 6.07 Å². The van der Waals surface area contributed by atoms with Gasteiger partial charge in [0.15, 0.2) is 0 Å². The van der Waals surface area contributed by atoms with Crippen molar-refractivity contribution in [3.05, 3.63) is 53.5 Å². The van der Waals surface area contributed by atoms with E-state index in [1.54, 1.807) is 0 Å². The van der Waals surface area contributed by atoms with Gasteiger partial charge in [0.1, 0.15) is 0 Å². The minimum absolute atomic E-state index is 0.517. The maximum Gasteiger partial charge on any atom is 0.0661 e. The third-order valence-electron chi connectivity index (χ3n) is 5.22. The van der Waals surface area contributed by atoms with Crippen LogP contribution in [0.5, 0.6) is 0 Å². The molecule has 2 aromatic heterocycles. The van der Waals surface area contributed by atoms with Crippen LogP contribution in [0.3, 0.4) is 0 Å². The number of benzene rings is 1. The number of hydrogen-bond donors (Lipinski definition) is 0. The van der Waals surface area contributed by atoms with Crippen LogP contribution in [-0.2, 0) is 13.1 Å². The molecular weight excluding hydrogens is 296 g/mol. The van der Waals surface area contributed by atoms with Crippen molar-refractivity contribution < 1.29 is 0 Å². The molecule has 0 unspecified atom stereocenters. The van der Waals surface area contributed by atoms with Gasteiger partial charge in [-0.3, -0.25) is 9.58 Å². The molecule has 0 bridgehead atoms. The van der Waals surface area contributed by atoms with E-state index in [4.69, 9.17) is 0 Å². The van der Waals surface area contributed by atoms with Gasteiger partial charge in [0.05, 0.1) is 11.7 Å². The van der Waals surface area contributed by atoms with Crippen molar-refractivity contribution in [2.24, 2.45) is 0 Å². The zero-order chi connectivity index (χ0) is 16.7. The van der Waals surface area contributed by atoms with E-state index in [0.29, 0.717) is 6.04 Å². The molecule has 0 spiro atoms. The van der Waals surface area contributed by atoms with Gasteiger partial charge in [0.2, 0.25) is 0 Å². The highest BCUT2D eigenvalue weighted by molar-refractivity contribution is 5.80. The first-order valence-corrected chi connectivity index (χ1v) is 8.97. The molecule has 1 aliphatic heterocycles. The summed E-state index contributed by atoms with van der Waals surface area (Å²) >= 11 is 0.